The molecule has 21 heavy (non-hydrogen) atoms. The fraction of sp³-hybridized carbons (Fsp3) is 0.615. The Balaban J connectivity index is 1.80. The van der Waals surface area contributed by atoms with E-state index in [4.69, 9.17) is 0 Å². The van der Waals surface area contributed by atoms with Crippen molar-refractivity contribution in [3.05, 3.63) is 18.7 Å². The lowest BCUT2D eigenvalue weighted by Crippen LogP contribution is -2.45. The summed E-state index contributed by atoms with van der Waals surface area (Å²) in [6.45, 7) is 2.98. The Morgan fingerprint density at radius 1 is 1.29 bits per heavy atom. The van der Waals surface area contributed by atoms with Gasteiger partial charge in [-0.15, -0.1) is 0 Å². The lowest BCUT2D eigenvalue weighted by molar-refractivity contribution is -0.124. The van der Waals surface area contributed by atoms with Crippen molar-refractivity contribution in [3.63, 3.8) is 0 Å². The van der Waals surface area contributed by atoms with Crippen LogP contribution in [0.4, 0.5) is 5.69 Å². The Morgan fingerprint density at radius 3 is 2.67 bits per heavy atom. The number of sulfonamides is 1. The molecule has 1 amide bonds. The van der Waals surface area contributed by atoms with Crippen molar-refractivity contribution >= 4 is 21.6 Å². The van der Waals surface area contributed by atoms with E-state index in [1.807, 2.05) is 0 Å². The van der Waals surface area contributed by atoms with Gasteiger partial charge in [0.25, 0.3) is 0 Å². The summed E-state index contributed by atoms with van der Waals surface area (Å²) in [4.78, 5) is 22.2. The van der Waals surface area contributed by atoms with E-state index in [0.717, 1.165) is 6.42 Å². The van der Waals surface area contributed by atoms with Crippen molar-refractivity contribution in [2.45, 2.75) is 13.3 Å². The van der Waals surface area contributed by atoms with Gasteiger partial charge in [0.1, 0.15) is 6.33 Å². The van der Waals surface area contributed by atoms with Crippen molar-refractivity contribution in [1.29, 1.82) is 0 Å². The molecule has 7 nitrogen and oxygen atoms in total. The molecule has 1 aromatic rings. The smallest absolute Gasteiger partial charge is 0.231 e. The van der Waals surface area contributed by atoms with Gasteiger partial charge in [0.2, 0.25) is 15.9 Å². The van der Waals surface area contributed by atoms with Gasteiger partial charge in [0, 0.05) is 19.6 Å². The molecule has 2 atom stereocenters. The average molecular weight is 310 g/mol. The summed E-state index contributed by atoms with van der Waals surface area (Å²) < 4.78 is 25.4. The number of hydrogen-bond donors (Lipinski definition) is 0. The third-order valence-corrected chi connectivity index (χ3v) is 6.15. The Morgan fingerprint density at radius 2 is 2.00 bits per heavy atom. The first-order valence-corrected chi connectivity index (χ1v) is 8.68. The van der Waals surface area contributed by atoms with Crippen LogP contribution < -0.4 is 4.90 Å². The highest BCUT2D eigenvalue weighted by molar-refractivity contribution is 7.89. The van der Waals surface area contributed by atoms with Gasteiger partial charge in [-0.25, -0.2) is 22.7 Å². The second kappa shape index (κ2) is 5.34. The van der Waals surface area contributed by atoms with Gasteiger partial charge in [0.15, 0.2) is 0 Å². The quantitative estimate of drug-likeness (QED) is 0.791. The fourth-order valence-corrected chi connectivity index (χ4v) is 4.28. The van der Waals surface area contributed by atoms with Crippen molar-refractivity contribution in [2.75, 3.05) is 30.3 Å². The van der Waals surface area contributed by atoms with E-state index in [1.54, 1.807) is 24.2 Å². The van der Waals surface area contributed by atoms with Gasteiger partial charge in [-0.2, -0.15) is 0 Å². The number of amides is 1. The summed E-state index contributed by atoms with van der Waals surface area (Å²) >= 11 is 0. The van der Waals surface area contributed by atoms with E-state index in [-0.39, 0.29) is 23.5 Å². The third kappa shape index (κ3) is 2.53. The Labute approximate surface area is 124 Å². The number of hydrogen-bond acceptors (Lipinski definition) is 5. The van der Waals surface area contributed by atoms with Crippen molar-refractivity contribution in [1.82, 2.24) is 14.3 Å². The van der Waals surface area contributed by atoms with Crippen LogP contribution in [0.25, 0.3) is 0 Å². The molecule has 3 heterocycles. The van der Waals surface area contributed by atoms with Crippen LogP contribution in [0, 0.1) is 11.8 Å². The maximum absolute atomic E-state index is 12.6. The van der Waals surface area contributed by atoms with Crippen molar-refractivity contribution < 1.29 is 13.2 Å². The van der Waals surface area contributed by atoms with Crippen LogP contribution >= 0.6 is 0 Å². The molecule has 2 saturated heterocycles. The molecule has 0 saturated carbocycles. The van der Waals surface area contributed by atoms with Crippen LogP contribution in [-0.4, -0.2) is 54.0 Å². The minimum absolute atomic E-state index is 0.0187. The van der Waals surface area contributed by atoms with Gasteiger partial charge >= 0.3 is 0 Å². The predicted molar refractivity (Wildman–Crippen MR) is 77.0 cm³/mol. The number of aromatic nitrogens is 2. The molecule has 2 aliphatic heterocycles. The maximum Gasteiger partial charge on any atom is 0.231 e. The van der Waals surface area contributed by atoms with Gasteiger partial charge in [-0.05, 0) is 19.3 Å². The zero-order valence-corrected chi connectivity index (χ0v) is 12.7. The molecule has 0 aliphatic carbocycles. The predicted octanol–water partition coefficient (Wildman–Crippen LogP) is 0.111. The molecule has 0 aromatic carbocycles. The van der Waals surface area contributed by atoms with Crippen molar-refractivity contribution in [2.24, 2.45) is 11.8 Å². The number of rotatable bonds is 3. The highest BCUT2D eigenvalue weighted by atomic mass is 32.2. The molecule has 0 unspecified atom stereocenters. The van der Waals surface area contributed by atoms with E-state index in [0.29, 0.717) is 25.3 Å². The van der Waals surface area contributed by atoms with Gasteiger partial charge in [-0.3, -0.25) is 4.79 Å². The molecule has 1 aromatic heterocycles. The Bertz CT molecular complexity index is 634. The molecule has 2 fully saturated rings. The zero-order chi connectivity index (χ0) is 15.0. The van der Waals surface area contributed by atoms with Crippen molar-refractivity contribution in [3.8, 4) is 0 Å². The lowest BCUT2D eigenvalue weighted by Gasteiger charge is -2.33. The van der Waals surface area contributed by atoms with Crippen LogP contribution in [0.2, 0.25) is 0 Å². The largest absolute Gasteiger partial charge is 0.309 e. The molecule has 0 N–H and O–H groups in total. The summed E-state index contributed by atoms with van der Waals surface area (Å²) in [7, 11) is -3.22. The molecule has 114 valence electrons. The van der Waals surface area contributed by atoms with E-state index >= 15 is 0 Å². The normalized spacial score (nSPS) is 26.9. The molecule has 2 aliphatic rings. The van der Waals surface area contributed by atoms with Crippen LogP contribution in [0.3, 0.4) is 0 Å². The second-order valence-corrected chi connectivity index (χ2v) is 7.72. The van der Waals surface area contributed by atoms with Crippen LogP contribution in [0.5, 0.6) is 0 Å². The first-order chi connectivity index (χ1) is 10.0. The molecular weight excluding hydrogens is 292 g/mol. The third-order valence-electron chi connectivity index (χ3n) is 4.33. The van der Waals surface area contributed by atoms with E-state index in [1.165, 1.54) is 10.6 Å². The minimum Gasteiger partial charge on any atom is -0.309 e. The van der Waals surface area contributed by atoms with Gasteiger partial charge < -0.3 is 4.90 Å². The summed E-state index contributed by atoms with van der Waals surface area (Å²) in [5, 5.41) is 0. The van der Waals surface area contributed by atoms with E-state index < -0.39 is 10.0 Å². The number of carbonyl (C=O) groups is 1. The Kier molecular flexibility index (Phi) is 3.66. The molecule has 0 spiro atoms. The monoisotopic (exact) mass is 310 g/mol. The van der Waals surface area contributed by atoms with Crippen LogP contribution in [0.1, 0.15) is 13.3 Å². The number of nitrogens with zero attached hydrogens (tertiary/aromatic N) is 4. The SMILES string of the molecule is CCS(=O)(=O)N1C[C@H]2CCN(c3cncnc3)C(=O)[C@@H]2C1. The number of piperidine rings is 1. The zero-order valence-electron chi connectivity index (χ0n) is 11.8. The summed E-state index contributed by atoms with van der Waals surface area (Å²) in [5.74, 6) is -0.0634. The summed E-state index contributed by atoms with van der Waals surface area (Å²) in [6, 6.07) is 0. The molecule has 0 bridgehead atoms. The van der Waals surface area contributed by atoms with Gasteiger partial charge in [-0.1, -0.05) is 0 Å². The van der Waals surface area contributed by atoms with E-state index in [9.17, 15) is 13.2 Å². The topological polar surface area (TPSA) is 83.5 Å². The molecule has 3 rings (SSSR count). The Hall–Kier alpha value is -1.54. The number of carbonyl (C=O) groups excluding carboxylic acids is 1. The minimum atomic E-state index is -3.22. The van der Waals surface area contributed by atoms with E-state index in [2.05, 4.69) is 9.97 Å². The summed E-state index contributed by atoms with van der Waals surface area (Å²) in [6.07, 6.45) is 5.45. The highest BCUT2D eigenvalue weighted by Gasteiger charge is 2.46. The van der Waals surface area contributed by atoms with Gasteiger partial charge in [0.05, 0.1) is 29.8 Å². The number of fused-ring (bicyclic) bond motifs is 1. The fourth-order valence-electron chi connectivity index (χ4n) is 3.11. The first-order valence-electron chi connectivity index (χ1n) is 7.07. The molecule has 0 radical (unpaired) electrons. The second-order valence-electron chi connectivity index (χ2n) is 5.46. The molecule has 8 heteroatoms. The average Bonchev–Trinajstić information content (AvgIpc) is 2.94. The molecular formula is C13H18N4O3S. The highest BCUT2D eigenvalue weighted by Crippen LogP contribution is 2.35. The first kappa shape index (κ1) is 14.4. The van der Waals surface area contributed by atoms with Crippen LogP contribution in [-0.2, 0) is 14.8 Å². The summed E-state index contributed by atoms with van der Waals surface area (Å²) in [5.41, 5.74) is 0.678. The maximum atomic E-state index is 12.6. The lowest BCUT2D eigenvalue weighted by atomic mass is 9.88. The number of anilines is 1. The standard InChI is InChI=1S/C13H18N4O3S/c1-2-21(19,20)16-7-10-3-4-17(13(18)12(10)8-16)11-5-14-9-15-6-11/h5-6,9-10,12H,2-4,7-8H2,1H3/t10-,12-/m1/s1. The van der Waals surface area contributed by atoms with Crippen LogP contribution in [0.15, 0.2) is 18.7 Å².